The van der Waals surface area contributed by atoms with E-state index in [4.69, 9.17) is 24.6 Å². The lowest BCUT2D eigenvalue weighted by molar-refractivity contribution is -0.192. The molecule has 0 spiro atoms. The monoisotopic (exact) mass is 599 g/mol. The van der Waals surface area contributed by atoms with Crippen molar-refractivity contribution in [3.63, 3.8) is 0 Å². The maximum Gasteiger partial charge on any atom is 0.490 e. The van der Waals surface area contributed by atoms with Gasteiger partial charge in [0.05, 0.1) is 11.6 Å². The molecule has 0 aliphatic carbocycles. The van der Waals surface area contributed by atoms with Crippen molar-refractivity contribution in [1.82, 2.24) is 14.9 Å². The number of hydrogen-bond donors (Lipinski definition) is 1. The summed E-state index contributed by atoms with van der Waals surface area (Å²) in [4.78, 5) is 26.4. The van der Waals surface area contributed by atoms with Gasteiger partial charge in [-0.3, -0.25) is 4.90 Å². The smallest absolute Gasteiger partial charge is 0.475 e. The van der Waals surface area contributed by atoms with E-state index in [9.17, 15) is 13.2 Å². The molecule has 2 unspecified atom stereocenters. The van der Waals surface area contributed by atoms with Crippen molar-refractivity contribution < 1.29 is 27.8 Å². The number of benzene rings is 1. The van der Waals surface area contributed by atoms with Crippen LogP contribution in [0.5, 0.6) is 0 Å². The van der Waals surface area contributed by atoms with Crippen molar-refractivity contribution >= 4 is 44.6 Å². The summed E-state index contributed by atoms with van der Waals surface area (Å²) in [5, 5.41) is 8.21. The lowest BCUT2D eigenvalue weighted by Gasteiger charge is -2.39. The van der Waals surface area contributed by atoms with Gasteiger partial charge in [-0.25, -0.2) is 9.78 Å². The minimum absolute atomic E-state index is 0.0903. The molecule has 12 heteroatoms. The maximum absolute atomic E-state index is 10.6. The first-order valence-electron chi connectivity index (χ1n) is 12.8. The van der Waals surface area contributed by atoms with Crippen LogP contribution in [0.1, 0.15) is 32.6 Å². The number of carbonyl (C=O) groups is 1. The molecule has 8 nitrogen and oxygen atoms in total. The summed E-state index contributed by atoms with van der Waals surface area (Å²) in [7, 11) is 1.77. The molecule has 3 aliphatic rings. The molecule has 4 heterocycles. The molecule has 2 aromatic rings. The van der Waals surface area contributed by atoms with Crippen LogP contribution < -0.4 is 9.80 Å². The van der Waals surface area contributed by atoms with Crippen molar-refractivity contribution in [2.24, 2.45) is 0 Å². The number of piperidine rings is 1. The van der Waals surface area contributed by atoms with Gasteiger partial charge in [0.25, 0.3) is 0 Å². The van der Waals surface area contributed by atoms with Gasteiger partial charge in [-0.1, -0.05) is 28.1 Å². The van der Waals surface area contributed by atoms with Crippen molar-refractivity contribution in [1.29, 1.82) is 0 Å². The molecule has 208 valence electrons. The first kappa shape index (κ1) is 28.6. The van der Waals surface area contributed by atoms with E-state index in [1.54, 1.807) is 7.11 Å². The summed E-state index contributed by atoms with van der Waals surface area (Å²) in [5.74, 6) is -0.892. The Morgan fingerprint density at radius 1 is 1.13 bits per heavy atom. The number of aliphatic carboxylic acids is 1. The van der Waals surface area contributed by atoms with Crippen LogP contribution >= 0.6 is 15.9 Å². The van der Waals surface area contributed by atoms with E-state index in [0.717, 1.165) is 59.4 Å². The van der Waals surface area contributed by atoms with E-state index in [1.165, 1.54) is 32.2 Å². The molecule has 1 aromatic heterocycles. The number of fused-ring (bicyclic) bond motifs is 1. The van der Waals surface area contributed by atoms with Gasteiger partial charge in [-0.15, -0.1) is 0 Å². The quantitative estimate of drug-likeness (QED) is 0.499. The summed E-state index contributed by atoms with van der Waals surface area (Å²) in [6.45, 7) is 7.34. The SMILES string of the molecule is COC1C=CCN(c2nc(N3CCC(N4CCCC4C)CC3)nc3ccc(Br)cc23)C1.O=C(O)C(F)(F)F. The van der Waals surface area contributed by atoms with Crippen LogP contribution in [-0.2, 0) is 9.53 Å². The second-order valence-electron chi connectivity index (χ2n) is 9.87. The Hall–Kier alpha value is -2.44. The Kier molecular flexibility index (Phi) is 9.15. The molecule has 0 bridgehead atoms. The fraction of sp³-hybridized carbons (Fsp3) is 0.577. The van der Waals surface area contributed by atoms with Crippen molar-refractivity contribution in [2.75, 3.05) is 49.6 Å². The minimum Gasteiger partial charge on any atom is -0.475 e. The average molecular weight is 600 g/mol. The van der Waals surface area contributed by atoms with E-state index in [-0.39, 0.29) is 6.10 Å². The van der Waals surface area contributed by atoms with Crippen LogP contribution in [0.2, 0.25) is 0 Å². The summed E-state index contributed by atoms with van der Waals surface area (Å²) in [5.41, 5.74) is 1.00. The molecule has 2 fully saturated rings. The van der Waals surface area contributed by atoms with E-state index in [0.29, 0.717) is 6.04 Å². The Bertz CT molecular complexity index is 1160. The second kappa shape index (κ2) is 12.2. The molecule has 0 amide bonds. The number of rotatable bonds is 4. The lowest BCUT2D eigenvalue weighted by Crippen LogP contribution is -2.46. The molecule has 1 N–H and O–H groups in total. The van der Waals surface area contributed by atoms with E-state index in [1.807, 2.05) is 0 Å². The van der Waals surface area contributed by atoms with Gasteiger partial charge in [0.15, 0.2) is 0 Å². The Morgan fingerprint density at radius 3 is 2.45 bits per heavy atom. The number of anilines is 2. The fourth-order valence-corrected chi connectivity index (χ4v) is 5.73. The number of methoxy groups -OCH3 is 1. The number of likely N-dealkylation sites (tertiary alicyclic amines) is 1. The first-order valence-corrected chi connectivity index (χ1v) is 13.6. The van der Waals surface area contributed by atoms with Crippen LogP contribution in [0.15, 0.2) is 34.8 Å². The Balaban J connectivity index is 0.000000426. The zero-order chi connectivity index (χ0) is 27.4. The Labute approximate surface area is 228 Å². The van der Waals surface area contributed by atoms with Gasteiger partial charge in [0, 0.05) is 55.2 Å². The van der Waals surface area contributed by atoms with Crippen LogP contribution in [0.25, 0.3) is 10.9 Å². The predicted octanol–water partition coefficient (Wildman–Crippen LogP) is 4.87. The molecule has 2 saturated heterocycles. The van der Waals surface area contributed by atoms with E-state index in [2.05, 4.69) is 67.9 Å². The van der Waals surface area contributed by atoms with Gasteiger partial charge in [0.1, 0.15) is 5.82 Å². The molecule has 0 radical (unpaired) electrons. The standard InChI is InChI=1S/C24H32BrN5O.C2HF3O2/c1-17-5-3-12-30(17)19-9-13-28(14-10-19)24-26-22-8-7-18(25)15-21(22)23(27-24)29-11-4-6-20(16-29)31-2;3-2(4,5)1(6)7/h4,6-8,15,17,19-20H,3,5,9-14,16H2,1-2H3;(H,6,7). The van der Waals surface area contributed by atoms with E-state index < -0.39 is 12.1 Å². The third kappa shape index (κ3) is 6.76. The summed E-state index contributed by atoms with van der Waals surface area (Å²) in [6, 6.07) is 7.74. The number of alkyl halides is 3. The topological polar surface area (TPSA) is 82.0 Å². The summed E-state index contributed by atoms with van der Waals surface area (Å²) in [6.07, 6.45) is 4.40. The normalized spacial score (nSPS) is 23.0. The van der Waals surface area contributed by atoms with Gasteiger partial charge < -0.3 is 19.6 Å². The van der Waals surface area contributed by atoms with Gasteiger partial charge >= 0.3 is 12.1 Å². The zero-order valence-electron chi connectivity index (χ0n) is 21.5. The minimum atomic E-state index is -5.08. The van der Waals surface area contributed by atoms with Crippen LogP contribution in [0, 0.1) is 0 Å². The van der Waals surface area contributed by atoms with Crippen molar-refractivity contribution in [3.05, 3.63) is 34.8 Å². The number of nitrogens with zero attached hydrogens (tertiary/aromatic N) is 5. The fourth-order valence-electron chi connectivity index (χ4n) is 5.37. The summed E-state index contributed by atoms with van der Waals surface area (Å²) >= 11 is 3.63. The Morgan fingerprint density at radius 2 is 1.84 bits per heavy atom. The number of ether oxygens (including phenoxy) is 1. The van der Waals surface area contributed by atoms with Crippen LogP contribution in [-0.4, -0.2) is 90.1 Å². The predicted molar refractivity (Wildman–Crippen MR) is 144 cm³/mol. The molecule has 3 aliphatic heterocycles. The highest BCUT2D eigenvalue weighted by molar-refractivity contribution is 9.10. The third-order valence-electron chi connectivity index (χ3n) is 7.37. The third-order valence-corrected chi connectivity index (χ3v) is 7.86. The van der Waals surface area contributed by atoms with Gasteiger partial charge in [-0.2, -0.15) is 18.2 Å². The molecule has 38 heavy (non-hydrogen) atoms. The van der Waals surface area contributed by atoms with Crippen molar-refractivity contribution in [2.45, 2.75) is 57.0 Å². The lowest BCUT2D eigenvalue weighted by atomic mass is 10.0. The van der Waals surface area contributed by atoms with Crippen molar-refractivity contribution in [3.8, 4) is 0 Å². The molecular weight excluding hydrogens is 567 g/mol. The number of halogens is 4. The second-order valence-corrected chi connectivity index (χ2v) is 10.8. The number of aromatic nitrogens is 2. The molecular formula is C26H33BrF3N5O3. The molecule has 2 atom stereocenters. The van der Waals surface area contributed by atoms with Crippen LogP contribution in [0.3, 0.4) is 0 Å². The molecule has 0 saturated carbocycles. The molecule has 1 aromatic carbocycles. The van der Waals surface area contributed by atoms with Crippen LogP contribution in [0.4, 0.5) is 24.9 Å². The summed E-state index contributed by atoms with van der Waals surface area (Å²) < 4.78 is 38.4. The number of carboxylic acid groups (broad SMARTS) is 1. The van der Waals surface area contributed by atoms with Gasteiger partial charge in [0.2, 0.25) is 5.95 Å². The first-order chi connectivity index (χ1) is 18.1. The molecule has 5 rings (SSSR count). The highest BCUT2D eigenvalue weighted by Gasteiger charge is 2.38. The average Bonchev–Trinajstić information content (AvgIpc) is 3.33. The zero-order valence-corrected chi connectivity index (χ0v) is 23.1. The largest absolute Gasteiger partial charge is 0.490 e. The van der Waals surface area contributed by atoms with E-state index >= 15 is 0 Å². The number of carboxylic acids is 1. The maximum atomic E-state index is 10.6. The number of hydrogen-bond acceptors (Lipinski definition) is 7. The highest BCUT2D eigenvalue weighted by Crippen LogP contribution is 2.32. The highest BCUT2D eigenvalue weighted by atomic mass is 79.9. The van der Waals surface area contributed by atoms with Gasteiger partial charge in [-0.05, 0) is 57.4 Å².